The van der Waals surface area contributed by atoms with Gasteiger partial charge in [-0.1, -0.05) is 25.1 Å². The van der Waals surface area contributed by atoms with Crippen LogP contribution in [0.15, 0.2) is 59.8 Å². The molecule has 1 saturated heterocycles. The van der Waals surface area contributed by atoms with Gasteiger partial charge in [-0.05, 0) is 71.9 Å². The van der Waals surface area contributed by atoms with Gasteiger partial charge in [0, 0.05) is 30.4 Å². The zero-order valence-corrected chi connectivity index (χ0v) is 19.0. The Balaban J connectivity index is 0.000000151. The summed E-state index contributed by atoms with van der Waals surface area (Å²) in [4.78, 5) is 12.3. The van der Waals surface area contributed by atoms with E-state index in [0.29, 0.717) is 0 Å². The number of aryl methyl sites for hydroxylation is 1. The number of hydrogen-bond donors (Lipinski definition) is 0. The lowest BCUT2D eigenvalue weighted by atomic mass is 10.1. The molecule has 162 valence electrons. The molecule has 3 aromatic rings. The first-order valence-electron chi connectivity index (χ1n) is 10.6. The number of thioether (sulfide) groups is 1. The van der Waals surface area contributed by atoms with Crippen LogP contribution >= 0.6 is 11.8 Å². The van der Waals surface area contributed by atoms with Crippen LogP contribution in [0.3, 0.4) is 0 Å². The van der Waals surface area contributed by atoms with Crippen molar-refractivity contribution in [2.24, 2.45) is 11.8 Å². The predicted octanol–water partition coefficient (Wildman–Crippen LogP) is 5.72. The van der Waals surface area contributed by atoms with Crippen molar-refractivity contribution < 1.29 is 9.13 Å². The summed E-state index contributed by atoms with van der Waals surface area (Å²) in [5.74, 6) is 2.76. The van der Waals surface area contributed by atoms with Gasteiger partial charge < -0.3 is 9.64 Å². The number of aromatic nitrogens is 2. The van der Waals surface area contributed by atoms with Gasteiger partial charge in [0.2, 0.25) is 5.95 Å². The zero-order valence-electron chi connectivity index (χ0n) is 18.2. The number of halogens is 1. The lowest BCUT2D eigenvalue weighted by Crippen LogP contribution is -2.23. The average Bonchev–Trinajstić information content (AvgIpc) is 3.44. The number of nitrogens with zero attached hydrogens (tertiary/aromatic N) is 3. The van der Waals surface area contributed by atoms with Crippen molar-refractivity contribution in [3.05, 3.63) is 66.2 Å². The highest BCUT2D eigenvalue weighted by Gasteiger charge is 2.45. The van der Waals surface area contributed by atoms with Gasteiger partial charge in [-0.25, -0.2) is 14.4 Å². The Bertz CT molecular complexity index is 1000. The van der Waals surface area contributed by atoms with Crippen LogP contribution in [0.4, 0.5) is 10.3 Å². The predicted molar refractivity (Wildman–Crippen MR) is 125 cm³/mol. The molecule has 2 unspecified atom stereocenters. The van der Waals surface area contributed by atoms with E-state index in [1.807, 2.05) is 49.0 Å². The summed E-state index contributed by atoms with van der Waals surface area (Å²) in [7, 11) is 1.46. The number of benzene rings is 2. The number of ether oxygens (including phenoxy) is 1. The van der Waals surface area contributed by atoms with E-state index in [-0.39, 0.29) is 11.6 Å². The van der Waals surface area contributed by atoms with Gasteiger partial charge in [0.25, 0.3) is 0 Å². The number of rotatable bonds is 5. The molecule has 0 bridgehead atoms. The lowest BCUT2D eigenvalue weighted by Gasteiger charge is -2.17. The van der Waals surface area contributed by atoms with Crippen molar-refractivity contribution in [3.8, 4) is 16.9 Å². The normalized spacial score (nSPS) is 18.8. The molecule has 2 fully saturated rings. The SMILES string of the molecule is CCc1cnc(N2CC3CC3C2)nc1.COc1ccc(-c2ccc(SC)cc2)cc1F. The maximum Gasteiger partial charge on any atom is 0.225 e. The molecule has 2 atom stereocenters. The molecule has 1 aliphatic heterocycles. The molecule has 1 saturated carbocycles. The third-order valence-corrected chi connectivity index (χ3v) is 6.68. The third kappa shape index (κ3) is 5.18. The Morgan fingerprint density at radius 2 is 1.68 bits per heavy atom. The van der Waals surface area contributed by atoms with Crippen LogP contribution in [-0.4, -0.2) is 36.4 Å². The number of hydrogen-bond acceptors (Lipinski definition) is 5. The van der Waals surface area contributed by atoms with E-state index in [0.717, 1.165) is 35.3 Å². The van der Waals surface area contributed by atoms with Crippen molar-refractivity contribution >= 4 is 17.7 Å². The number of fused-ring (bicyclic) bond motifs is 1. The quantitative estimate of drug-likeness (QED) is 0.478. The number of piperidine rings is 1. The highest BCUT2D eigenvalue weighted by Crippen LogP contribution is 2.45. The van der Waals surface area contributed by atoms with Crippen LogP contribution < -0.4 is 9.64 Å². The molecule has 1 aromatic heterocycles. The van der Waals surface area contributed by atoms with Gasteiger partial charge in [0.1, 0.15) is 0 Å². The molecule has 31 heavy (non-hydrogen) atoms. The first kappa shape index (κ1) is 21.6. The highest BCUT2D eigenvalue weighted by atomic mass is 32.2. The van der Waals surface area contributed by atoms with Crippen LogP contribution in [0.2, 0.25) is 0 Å². The smallest absolute Gasteiger partial charge is 0.225 e. The Kier molecular flexibility index (Phi) is 6.76. The Labute approximate surface area is 187 Å². The minimum Gasteiger partial charge on any atom is -0.494 e. The Morgan fingerprint density at radius 3 is 2.23 bits per heavy atom. The maximum atomic E-state index is 13.6. The summed E-state index contributed by atoms with van der Waals surface area (Å²) in [6.07, 6.45) is 8.38. The summed E-state index contributed by atoms with van der Waals surface area (Å²) in [5, 5.41) is 0. The standard InChI is InChI=1S/C14H13FOS.C11H15N3/c1-16-14-8-5-11(9-13(14)15)10-3-6-12(17-2)7-4-10;1-2-8-4-12-11(13-5-8)14-6-9-3-10(9)7-14/h3-9H,1-2H3;4-5,9-10H,2-3,6-7H2,1H3. The third-order valence-electron chi connectivity index (χ3n) is 5.94. The topological polar surface area (TPSA) is 38.2 Å². The maximum absolute atomic E-state index is 13.6. The molecular formula is C25H28FN3OS. The van der Waals surface area contributed by atoms with Crippen LogP contribution in [-0.2, 0) is 6.42 Å². The molecule has 0 radical (unpaired) electrons. The lowest BCUT2D eigenvalue weighted by molar-refractivity contribution is 0.386. The molecule has 2 aromatic carbocycles. The second-order valence-corrected chi connectivity index (χ2v) is 8.86. The fourth-order valence-electron chi connectivity index (χ4n) is 3.88. The van der Waals surface area contributed by atoms with E-state index in [2.05, 4.69) is 21.8 Å². The van der Waals surface area contributed by atoms with E-state index < -0.39 is 0 Å². The molecule has 0 spiro atoms. The Morgan fingerprint density at radius 1 is 1.03 bits per heavy atom. The molecule has 0 N–H and O–H groups in total. The molecule has 2 heterocycles. The summed E-state index contributed by atoms with van der Waals surface area (Å²) < 4.78 is 18.4. The van der Waals surface area contributed by atoms with E-state index >= 15 is 0 Å². The molecule has 1 aliphatic carbocycles. The molecule has 2 aliphatic rings. The van der Waals surface area contributed by atoms with Crippen LogP contribution in [0.1, 0.15) is 18.9 Å². The van der Waals surface area contributed by atoms with Gasteiger partial charge in [-0.15, -0.1) is 11.8 Å². The van der Waals surface area contributed by atoms with Gasteiger partial charge in [-0.3, -0.25) is 0 Å². The molecule has 6 heteroatoms. The van der Waals surface area contributed by atoms with Crippen molar-refractivity contribution in [2.75, 3.05) is 31.4 Å². The van der Waals surface area contributed by atoms with Gasteiger partial charge in [0.15, 0.2) is 11.6 Å². The van der Waals surface area contributed by atoms with Gasteiger partial charge in [0.05, 0.1) is 7.11 Å². The van der Waals surface area contributed by atoms with Crippen LogP contribution in [0.25, 0.3) is 11.1 Å². The van der Waals surface area contributed by atoms with Crippen molar-refractivity contribution in [3.63, 3.8) is 0 Å². The minimum atomic E-state index is -0.334. The van der Waals surface area contributed by atoms with Crippen molar-refractivity contribution in [1.29, 1.82) is 0 Å². The van der Waals surface area contributed by atoms with E-state index in [1.54, 1.807) is 17.8 Å². The van der Waals surface area contributed by atoms with Crippen molar-refractivity contribution in [1.82, 2.24) is 9.97 Å². The molecule has 4 nitrogen and oxygen atoms in total. The van der Waals surface area contributed by atoms with Crippen LogP contribution in [0.5, 0.6) is 5.75 Å². The first-order valence-corrected chi connectivity index (χ1v) is 11.9. The van der Waals surface area contributed by atoms with Gasteiger partial charge >= 0.3 is 0 Å². The second-order valence-electron chi connectivity index (χ2n) is 7.98. The van der Waals surface area contributed by atoms with E-state index in [9.17, 15) is 4.39 Å². The fourth-order valence-corrected chi connectivity index (χ4v) is 4.29. The second kappa shape index (κ2) is 9.69. The molecular weight excluding hydrogens is 409 g/mol. The fraction of sp³-hybridized carbons (Fsp3) is 0.360. The first-order chi connectivity index (χ1) is 15.1. The number of anilines is 1. The monoisotopic (exact) mass is 437 g/mol. The minimum absolute atomic E-state index is 0.273. The van der Waals surface area contributed by atoms with E-state index in [4.69, 9.17) is 4.74 Å². The summed E-state index contributed by atoms with van der Waals surface area (Å²) in [6.45, 7) is 4.48. The molecule has 0 amide bonds. The number of methoxy groups -OCH3 is 1. The Hall–Kier alpha value is -2.60. The summed E-state index contributed by atoms with van der Waals surface area (Å²) >= 11 is 1.69. The van der Waals surface area contributed by atoms with Crippen LogP contribution in [0, 0.1) is 17.7 Å². The van der Waals surface area contributed by atoms with Gasteiger partial charge in [-0.2, -0.15) is 0 Å². The average molecular weight is 438 g/mol. The largest absolute Gasteiger partial charge is 0.494 e. The van der Waals surface area contributed by atoms with E-state index in [1.165, 1.54) is 43.1 Å². The highest BCUT2D eigenvalue weighted by molar-refractivity contribution is 7.98. The summed E-state index contributed by atoms with van der Waals surface area (Å²) in [5.41, 5.74) is 3.08. The summed E-state index contributed by atoms with van der Waals surface area (Å²) in [6, 6.07) is 13.0. The molecule has 5 rings (SSSR count). The zero-order chi connectivity index (χ0) is 21.8. The van der Waals surface area contributed by atoms with Crippen molar-refractivity contribution in [2.45, 2.75) is 24.7 Å².